The molecule has 0 bridgehead atoms. The standard InChI is InChI=1S/C28H30ClNO6/c1-4-35-24-15-18(7-10-22(24)31)26-25(28(33)36-12-11-34-3)16(2)30-21-13-19(14-23(32)27(21)26)17-5-8-20(29)9-6-17/h5-10,15,19,26-27,31H,4,11-14H2,1-3H3/t19-,26-,27?/m0/s1. The van der Waals surface area contributed by atoms with Gasteiger partial charge in [0.05, 0.1) is 24.7 Å². The summed E-state index contributed by atoms with van der Waals surface area (Å²) in [6.45, 7) is 4.30. The number of phenolic OH excluding ortho intramolecular Hbond substituents is 1. The molecule has 0 saturated heterocycles. The number of aliphatic imine (C=N–C) groups is 1. The van der Waals surface area contributed by atoms with Gasteiger partial charge in [-0.25, -0.2) is 4.79 Å². The third-order valence-electron chi connectivity index (χ3n) is 6.68. The number of benzene rings is 2. The summed E-state index contributed by atoms with van der Waals surface area (Å²) in [5.41, 5.74) is 3.31. The van der Waals surface area contributed by atoms with Crippen molar-refractivity contribution < 1.29 is 28.9 Å². The number of rotatable bonds is 8. The van der Waals surface area contributed by atoms with Gasteiger partial charge in [-0.2, -0.15) is 0 Å². The molecule has 7 nitrogen and oxygen atoms in total. The van der Waals surface area contributed by atoms with E-state index >= 15 is 0 Å². The van der Waals surface area contributed by atoms with E-state index in [1.807, 2.05) is 31.2 Å². The van der Waals surface area contributed by atoms with Crippen molar-refractivity contribution in [3.8, 4) is 11.5 Å². The predicted octanol–water partition coefficient (Wildman–Crippen LogP) is 5.21. The second-order valence-corrected chi connectivity index (χ2v) is 9.41. The molecular weight excluding hydrogens is 482 g/mol. The van der Waals surface area contributed by atoms with Gasteiger partial charge in [0, 0.05) is 35.9 Å². The first-order chi connectivity index (χ1) is 17.3. The maximum atomic E-state index is 13.7. The molecule has 2 aromatic carbocycles. The number of phenols is 1. The maximum absolute atomic E-state index is 13.7. The molecule has 190 valence electrons. The van der Waals surface area contributed by atoms with Crippen LogP contribution in [-0.2, 0) is 19.1 Å². The van der Waals surface area contributed by atoms with Crippen LogP contribution in [0.15, 0.2) is 58.7 Å². The van der Waals surface area contributed by atoms with Crippen molar-refractivity contribution in [1.29, 1.82) is 0 Å². The van der Waals surface area contributed by atoms with Crippen molar-refractivity contribution in [2.24, 2.45) is 10.9 Å². The second-order valence-electron chi connectivity index (χ2n) is 8.97. The summed E-state index contributed by atoms with van der Waals surface area (Å²) in [4.78, 5) is 31.7. The number of ether oxygens (including phenoxy) is 3. The highest BCUT2D eigenvalue weighted by Crippen LogP contribution is 2.47. The van der Waals surface area contributed by atoms with E-state index in [1.165, 1.54) is 13.2 Å². The van der Waals surface area contributed by atoms with Crippen LogP contribution in [0.2, 0.25) is 5.02 Å². The Morgan fingerprint density at radius 2 is 1.81 bits per heavy atom. The van der Waals surface area contributed by atoms with Crippen LogP contribution >= 0.6 is 11.6 Å². The highest BCUT2D eigenvalue weighted by Gasteiger charge is 2.46. The van der Waals surface area contributed by atoms with E-state index in [-0.39, 0.29) is 30.7 Å². The Morgan fingerprint density at radius 3 is 2.50 bits per heavy atom. The first kappa shape index (κ1) is 25.9. The lowest BCUT2D eigenvalue weighted by atomic mass is 9.66. The minimum atomic E-state index is -0.610. The van der Waals surface area contributed by atoms with Gasteiger partial charge in [-0.05, 0) is 61.6 Å². The molecule has 0 radical (unpaired) electrons. The lowest BCUT2D eigenvalue weighted by molar-refractivity contribution is -0.140. The van der Waals surface area contributed by atoms with E-state index in [2.05, 4.69) is 0 Å². The quantitative estimate of drug-likeness (QED) is 0.386. The first-order valence-corrected chi connectivity index (χ1v) is 12.4. The smallest absolute Gasteiger partial charge is 0.336 e. The van der Waals surface area contributed by atoms with Gasteiger partial charge in [-0.3, -0.25) is 9.79 Å². The summed E-state index contributed by atoms with van der Waals surface area (Å²) < 4.78 is 16.1. The van der Waals surface area contributed by atoms with Crippen LogP contribution in [0.5, 0.6) is 11.5 Å². The van der Waals surface area contributed by atoms with Gasteiger partial charge in [-0.15, -0.1) is 0 Å². The van der Waals surface area contributed by atoms with Gasteiger partial charge in [0.25, 0.3) is 0 Å². The topological polar surface area (TPSA) is 94.4 Å². The number of carbonyl (C=O) groups excluding carboxylic acids is 2. The van der Waals surface area contributed by atoms with E-state index < -0.39 is 17.8 Å². The normalized spacial score (nSPS) is 21.6. The molecule has 1 N–H and O–H groups in total. The molecule has 0 spiro atoms. The van der Waals surface area contributed by atoms with E-state index in [9.17, 15) is 14.7 Å². The molecule has 1 unspecified atom stereocenters. The SMILES string of the molecule is CCOc1cc([C@H]2C(C(=O)OCCOC)=C(C)N=C3C[C@H](c4ccc(Cl)cc4)CC(=O)C32)ccc1O. The van der Waals surface area contributed by atoms with Gasteiger partial charge in [0.1, 0.15) is 12.4 Å². The minimum Gasteiger partial charge on any atom is -0.504 e. The molecule has 1 saturated carbocycles. The number of allylic oxidation sites excluding steroid dienone is 1. The lowest BCUT2D eigenvalue weighted by Gasteiger charge is -2.38. The Kier molecular flexibility index (Phi) is 8.11. The molecule has 1 heterocycles. The maximum Gasteiger partial charge on any atom is 0.336 e. The zero-order valence-electron chi connectivity index (χ0n) is 20.6. The van der Waals surface area contributed by atoms with Crippen LogP contribution in [0.25, 0.3) is 0 Å². The Bertz CT molecular complexity index is 1200. The molecule has 1 fully saturated rings. The van der Waals surface area contributed by atoms with Crippen molar-refractivity contribution in [3.63, 3.8) is 0 Å². The number of carbonyl (C=O) groups is 2. The van der Waals surface area contributed by atoms with E-state index in [1.54, 1.807) is 19.1 Å². The number of Topliss-reactive ketones (excluding diaryl/α,β-unsaturated/α-hetero) is 1. The Balaban J connectivity index is 1.77. The first-order valence-electron chi connectivity index (χ1n) is 12.0. The van der Waals surface area contributed by atoms with Crippen LogP contribution < -0.4 is 4.74 Å². The summed E-state index contributed by atoms with van der Waals surface area (Å²) >= 11 is 6.06. The number of hydrogen-bond donors (Lipinski definition) is 1. The van der Waals surface area contributed by atoms with Crippen molar-refractivity contribution in [3.05, 3.63) is 69.9 Å². The zero-order valence-corrected chi connectivity index (χ0v) is 21.4. The van der Waals surface area contributed by atoms with Crippen molar-refractivity contribution in [2.75, 3.05) is 26.9 Å². The fourth-order valence-electron chi connectivity index (χ4n) is 5.06. The molecule has 3 atom stereocenters. The molecule has 0 amide bonds. The molecule has 1 aliphatic heterocycles. The third-order valence-corrected chi connectivity index (χ3v) is 6.93. The largest absolute Gasteiger partial charge is 0.504 e. The molecule has 2 aromatic rings. The molecule has 36 heavy (non-hydrogen) atoms. The van der Waals surface area contributed by atoms with Crippen LogP contribution in [0.4, 0.5) is 0 Å². The summed E-state index contributed by atoms with van der Waals surface area (Å²) in [6, 6.07) is 12.5. The van der Waals surface area contributed by atoms with E-state index in [0.29, 0.717) is 47.1 Å². The number of fused-ring (bicyclic) bond motifs is 1. The van der Waals surface area contributed by atoms with Gasteiger partial charge < -0.3 is 19.3 Å². The van der Waals surface area contributed by atoms with Crippen LogP contribution in [0.1, 0.15) is 49.7 Å². The number of hydrogen-bond acceptors (Lipinski definition) is 7. The molecule has 1 aliphatic carbocycles. The van der Waals surface area contributed by atoms with Gasteiger partial charge in [0.2, 0.25) is 0 Å². The second kappa shape index (κ2) is 11.3. The van der Waals surface area contributed by atoms with Gasteiger partial charge >= 0.3 is 5.97 Å². The van der Waals surface area contributed by atoms with Crippen LogP contribution in [0.3, 0.4) is 0 Å². The molecule has 2 aliphatic rings. The fourth-order valence-corrected chi connectivity index (χ4v) is 5.19. The molecule has 0 aromatic heterocycles. The average molecular weight is 512 g/mol. The van der Waals surface area contributed by atoms with Gasteiger partial charge in [0.15, 0.2) is 11.5 Å². The van der Waals surface area contributed by atoms with E-state index in [4.69, 9.17) is 30.8 Å². The highest BCUT2D eigenvalue weighted by atomic mass is 35.5. The lowest BCUT2D eigenvalue weighted by Crippen LogP contribution is -2.41. The number of halogens is 1. The van der Waals surface area contributed by atoms with E-state index in [0.717, 1.165) is 11.3 Å². The monoisotopic (exact) mass is 511 g/mol. The highest BCUT2D eigenvalue weighted by molar-refractivity contribution is 6.30. The fraction of sp³-hybridized carbons (Fsp3) is 0.393. The van der Waals surface area contributed by atoms with Gasteiger partial charge in [-0.1, -0.05) is 29.8 Å². The number of esters is 1. The van der Waals surface area contributed by atoms with Crippen molar-refractivity contribution in [2.45, 2.75) is 38.5 Å². The molecule has 4 rings (SSSR count). The summed E-state index contributed by atoms with van der Waals surface area (Å²) in [6.07, 6.45) is 0.914. The summed E-state index contributed by atoms with van der Waals surface area (Å²) in [5.74, 6) is -1.47. The van der Waals surface area contributed by atoms with Crippen molar-refractivity contribution >= 4 is 29.1 Å². The molecular formula is C28H30ClNO6. The van der Waals surface area contributed by atoms with Crippen LogP contribution in [-0.4, -0.2) is 49.5 Å². The number of methoxy groups -OCH3 is 1. The number of ketones is 1. The van der Waals surface area contributed by atoms with Crippen LogP contribution in [0, 0.1) is 5.92 Å². The Morgan fingerprint density at radius 1 is 1.08 bits per heavy atom. The number of aromatic hydroxyl groups is 1. The summed E-state index contributed by atoms with van der Waals surface area (Å²) in [5, 5.41) is 10.9. The third kappa shape index (κ3) is 5.32. The number of nitrogens with zero attached hydrogens (tertiary/aromatic N) is 1. The Labute approximate surface area is 215 Å². The molecule has 8 heteroatoms. The van der Waals surface area contributed by atoms with Crippen molar-refractivity contribution in [1.82, 2.24) is 0 Å². The predicted molar refractivity (Wildman–Crippen MR) is 137 cm³/mol. The average Bonchev–Trinajstić information content (AvgIpc) is 2.85. The minimum absolute atomic E-state index is 0.00526. The zero-order chi connectivity index (χ0) is 25.8. The Hall–Kier alpha value is -3.16. The summed E-state index contributed by atoms with van der Waals surface area (Å²) in [7, 11) is 1.53.